The second kappa shape index (κ2) is 2.31. The van der Waals surface area contributed by atoms with Gasteiger partial charge in [-0.25, -0.2) is 0 Å². The number of rotatable bonds is 0. The Morgan fingerprint density at radius 2 is 2.27 bits per heavy atom. The van der Waals surface area contributed by atoms with E-state index in [4.69, 9.17) is 0 Å². The van der Waals surface area contributed by atoms with E-state index >= 15 is 0 Å². The summed E-state index contributed by atoms with van der Waals surface area (Å²) in [5, 5.41) is 5.36. The second-order valence-electron chi connectivity index (χ2n) is 2.60. The van der Waals surface area contributed by atoms with Crippen molar-refractivity contribution in [3.8, 4) is 0 Å². The predicted molar refractivity (Wildman–Crippen MR) is 49.6 cm³/mol. The molecule has 1 aromatic heterocycles. The van der Waals surface area contributed by atoms with Gasteiger partial charge in [-0.2, -0.15) is 5.10 Å². The van der Waals surface area contributed by atoms with Gasteiger partial charge in [-0.05, 0) is 27.9 Å². The molecule has 0 aliphatic rings. The van der Waals surface area contributed by atoms with Crippen molar-refractivity contribution in [3.63, 3.8) is 0 Å². The SMILES string of the molecule is Cc1cccc2c1cnn2P. The molecule has 0 radical (unpaired) electrons. The maximum absolute atomic E-state index is 4.14. The topological polar surface area (TPSA) is 17.8 Å². The van der Waals surface area contributed by atoms with Crippen molar-refractivity contribution in [2.45, 2.75) is 6.92 Å². The molecule has 0 spiro atoms. The fourth-order valence-electron chi connectivity index (χ4n) is 1.22. The van der Waals surface area contributed by atoms with Gasteiger partial charge in [-0.15, -0.1) is 0 Å². The van der Waals surface area contributed by atoms with Crippen LogP contribution in [0.25, 0.3) is 10.9 Å². The molecule has 2 nitrogen and oxygen atoms in total. The van der Waals surface area contributed by atoms with Gasteiger partial charge < -0.3 is 0 Å². The Kier molecular flexibility index (Phi) is 1.43. The predicted octanol–water partition coefficient (Wildman–Crippen LogP) is 1.98. The molecule has 0 saturated carbocycles. The van der Waals surface area contributed by atoms with Gasteiger partial charge in [0.2, 0.25) is 0 Å². The van der Waals surface area contributed by atoms with Crippen LogP contribution in [0.2, 0.25) is 0 Å². The highest BCUT2D eigenvalue weighted by atomic mass is 31.0. The van der Waals surface area contributed by atoms with Crippen LogP contribution in [0.3, 0.4) is 0 Å². The van der Waals surface area contributed by atoms with Gasteiger partial charge in [0.1, 0.15) is 0 Å². The van der Waals surface area contributed by atoms with E-state index in [1.807, 2.05) is 16.7 Å². The molecule has 0 N–H and O–H groups in total. The number of benzene rings is 1. The van der Waals surface area contributed by atoms with E-state index in [2.05, 4.69) is 33.5 Å². The normalized spacial score (nSPS) is 10.7. The molecule has 0 aliphatic heterocycles. The first-order chi connectivity index (χ1) is 5.29. The maximum Gasteiger partial charge on any atom is 0.0719 e. The molecule has 11 heavy (non-hydrogen) atoms. The number of hydrogen-bond acceptors (Lipinski definition) is 1. The summed E-state index contributed by atoms with van der Waals surface area (Å²) in [6.07, 6.45) is 1.89. The van der Waals surface area contributed by atoms with E-state index in [1.54, 1.807) is 0 Å². The fourth-order valence-corrected chi connectivity index (χ4v) is 1.51. The van der Waals surface area contributed by atoms with Gasteiger partial charge in [-0.1, -0.05) is 12.1 Å². The molecule has 0 fully saturated rings. The lowest BCUT2D eigenvalue weighted by molar-refractivity contribution is 1.04. The molecule has 0 amide bonds. The smallest absolute Gasteiger partial charge is 0.0719 e. The van der Waals surface area contributed by atoms with E-state index < -0.39 is 0 Å². The van der Waals surface area contributed by atoms with E-state index in [9.17, 15) is 0 Å². The van der Waals surface area contributed by atoms with Crippen molar-refractivity contribution >= 4 is 20.3 Å². The Morgan fingerprint density at radius 3 is 3.00 bits per heavy atom. The summed E-state index contributed by atoms with van der Waals surface area (Å²) in [7, 11) is 2.56. The molecule has 56 valence electrons. The Balaban J connectivity index is 2.94. The minimum absolute atomic E-state index is 1.16. The molecule has 1 atom stereocenters. The molecule has 0 bridgehead atoms. The standard InChI is InChI=1S/C8H9N2P/c1-6-3-2-4-8-7(6)5-9-10(8)11/h2-5H,11H2,1H3. The number of aryl methyl sites for hydroxylation is 1. The highest BCUT2D eigenvalue weighted by molar-refractivity contribution is 7.14. The van der Waals surface area contributed by atoms with Crippen molar-refractivity contribution in [1.29, 1.82) is 0 Å². The monoisotopic (exact) mass is 164 g/mol. The Hall–Kier alpha value is -0.880. The van der Waals surface area contributed by atoms with Gasteiger partial charge in [0.05, 0.1) is 11.7 Å². The Bertz CT molecular complexity index is 392. The van der Waals surface area contributed by atoms with Crippen molar-refractivity contribution in [3.05, 3.63) is 30.0 Å². The molecule has 0 aliphatic carbocycles. The lowest BCUT2D eigenvalue weighted by atomic mass is 10.2. The van der Waals surface area contributed by atoms with Crippen molar-refractivity contribution in [2.24, 2.45) is 0 Å². The van der Waals surface area contributed by atoms with Crippen LogP contribution in [0, 0.1) is 6.92 Å². The third-order valence-electron chi connectivity index (χ3n) is 1.86. The zero-order valence-electron chi connectivity index (χ0n) is 6.28. The summed E-state index contributed by atoms with van der Waals surface area (Å²) >= 11 is 0. The second-order valence-corrected chi connectivity index (χ2v) is 3.09. The van der Waals surface area contributed by atoms with E-state index in [0.717, 1.165) is 5.52 Å². The third-order valence-corrected chi connectivity index (χ3v) is 2.27. The lowest BCUT2D eigenvalue weighted by Crippen LogP contribution is -1.79. The summed E-state index contributed by atoms with van der Waals surface area (Å²) in [5.41, 5.74) is 2.44. The van der Waals surface area contributed by atoms with Crippen molar-refractivity contribution < 1.29 is 0 Å². The number of nitrogens with zero attached hydrogens (tertiary/aromatic N) is 2. The summed E-state index contributed by atoms with van der Waals surface area (Å²) in [5.74, 6) is 0. The van der Waals surface area contributed by atoms with Gasteiger partial charge in [0.15, 0.2) is 0 Å². The first kappa shape index (κ1) is 6.81. The molecule has 1 aromatic carbocycles. The summed E-state index contributed by atoms with van der Waals surface area (Å²) < 4.78 is 1.81. The molecule has 1 heterocycles. The van der Waals surface area contributed by atoms with Gasteiger partial charge >= 0.3 is 0 Å². The average Bonchev–Trinajstić information content (AvgIpc) is 2.35. The molecule has 2 aromatic rings. The Labute approximate surface area is 67.5 Å². The number of aromatic nitrogens is 2. The van der Waals surface area contributed by atoms with Crippen LogP contribution in [0.1, 0.15) is 5.56 Å². The van der Waals surface area contributed by atoms with Crippen LogP contribution in [-0.4, -0.2) is 9.55 Å². The van der Waals surface area contributed by atoms with Crippen LogP contribution in [-0.2, 0) is 0 Å². The molecule has 0 saturated heterocycles. The van der Waals surface area contributed by atoms with Crippen LogP contribution in [0.15, 0.2) is 24.4 Å². The zero-order valence-corrected chi connectivity index (χ0v) is 7.44. The van der Waals surface area contributed by atoms with Crippen LogP contribution in [0.4, 0.5) is 0 Å². The lowest BCUT2D eigenvalue weighted by Gasteiger charge is -1.94. The fraction of sp³-hybridized carbons (Fsp3) is 0.125. The summed E-state index contributed by atoms with van der Waals surface area (Å²) in [4.78, 5) is 0. The third kappa shape index (κ3) is 0.945. The number of hydrogen-bond donors (Lipinski definition) is 0. The van der Waals surface area contributed by atoms with Crippen LogP contribution >= 0.6 is 9.39 Å². The molecule has 2 rings (SSSR count). The van der Waals surface area contributed by atoms with Crippen molar-refractivity contribution in [2.75, 3.05) is 0 Å². The highest BCUT2D eigenvalue weighted by Crippen LogP contribution is 2.18. The van der Waals surface area contributed by atoms with E-state index in [1.165, 1.54) is 10.9 Å². The van der Waals surface area contributed by atoms with Crippen LogP contribution < -0.4 is 0 Å². The maximum atomic E-state index is 4.14. The quantitative estimate of drug-likeness (QED) is 0.544. The number of fused-ring (bicyclic) bond motifs is 1. The van der Waals surface area contributed by atoms with Crippen molar-refractivity contribution in [1.82, 2.24) is 9.55 Å². The minimum Gasteiger partial charge on any atom is -0.251 e. The first-order valence-corrected chi connectivity index (χ1v) is 3.99. The zero-order chi connectivity index (χ0) is 7.84. The van der Waals surface area contributed by atoms with Crippen LogP contribution in [0.5, 0.6) is 0 Å². The van der Waals surface area contributed by atoms with Gasteiger partial charge in [-0.3, -0.25) is 4.45 Å². The molecular formula is C8H9N2P. The molecule has 1 unspecified atom stereocenters. The van der Waals surface area contributed by atoms with Gasteiger partial charge in [0.25, 0.3) is 0 Å². The summed E-state index contributed by atoms with van der Waals surface area (Å²) in [6, 6.07) is 6.19. The minimum atomic E-state index is 1.16. The molecule has 3 heteroatoms. The molecular weight excluding hydrogens is 155 g/mol. The van der Waals surface area contributed by atoms with Gasteiger partial charge in [0, 0.05) is 5.39 Å². The van der Waals surface area contributed by atoms with E-state index in [0.29, 0.717) is 0 Å². The van der Waals surface area contributed by atoms with E-state index in [-0.39, 0.29) is 0 Å². The Morgan fingerprint density at radius 1 is 1.45 bits per heavy atom. The first-order valence-electron chi connectivity index (χ1n) is 3.47. The highest BCUT2D eigenvalue weighted by Gasteiger charge is 1.99. The summed E-state index contributed by atoms with van der Waals surface area (Å²) in [6.45, 7) is 2.09. The average molecular weight is 164 g/mol. The largest absolute Gasteiger partial charge is 0.251 e.